The van der Waals surface area contributed by atoms with E-state index in [0.717, 1.165) is 55.2 Å². The first-order chi connectivity index (χ1) is 12.7. The van der Waals surface area contributed by atoms with Crippen LogP contribution in [0, 0.1) is 5.92 Å². The fourth-order valence-corrected chi connectivity index (χ4v) is 3.45. The van der Waals surface area contributed by atoms with Gasteiger partial charge in [-0.1, -0.05) is 0 Å². The Kier molecular flexibility index (Phi) is 4.45. The van der Waals surface area contributed by atoms with Crippen molar-refractivity contribution in [3.05, 3.63) is 47.5 Å². The standard InChI is InChI=1S/C21H24N2O3/c1-25-19-11-15-9-10-23(13-16(15)12-20(19)26-2)18-7-5-17(6-8-18)22-21(24)14-3-4-14/h5-8,11-12,14H,3-4,9-10,13H2,1-2H3,(H,22,24). The number of fused-ring (bicyclic) bond motifs is 1. The average molecular weight is 352 g/mol. The van der Waals surface area contributed by atoms with Crippen LogP contribution >= 0.6 is 0 Å². The smallest absolute Gasteiger partial charge is 0.227 e. The number of benzene rings is 2. The summed E-state index contributed by atoms with van der Waals surface area (Å²) in [5.74, 6) is 1.92. The molecule has 0 saturated heterocycles. The number of hydrogen-bond acceptors (Lipinski definition) is 4. The van der Waals surface area contributed by atoms with Crippen molar-refractivity contribution < 1.29 is 14.3 Å². The van der Waals surface area contributed by atoms with Crippen LogP contribution in [-0.4, -0.2) is 26.7 Å². The van der Waals surface area contributed by atoms with Crippen LogP contribution in [0.4, 0.5) is 11.4 Å². The summed E-state index contributed by atoms with van der Waals surface area (Å²) >= 11 is 0. The van der Waals surface area contributed by atoms with Gasteiger partial charge in [0.1, 0.15) is 0 Å². The molecule has 5 nitrogen and oxygen atoms in total. The number of amides is 1. The van der Waals surface area contributed by atoms with Crippen LogP contribution in [-0.2, 0) is 17.8 Å². The molecule has 2 aliphatic rings. The van der Waals surface area contributed by atoms with Gasteiger partial charge in [-0.3, -0.25) is 4.79 Å². The Labute approximate surface area is 153 Å². The molecule has 1 saturated carbocycles. The van der Waals surface area contributed by atoms with Gasteiger partial charge < -0.3 is 19.7 Å². The summed E-state index contributed by atoms with van der Waals surface area (Å²) in [6.07, 6.45) is 3.01. The summed E-state index contributed by atoms with van der Waals surface area (Å²) in [7, 11) is 3.34. The highest BCUT2D eigenvalue weighted by atomic mass is 16.5. The Morgan fingerprint density at radius 2 is 1.69 bits per heavy atom. The largest absolute Gasteiger partial charge is 0.493 e. The third-order valence-electron chi connectivity index (χ3n) is 5.17. The topological polar surface area (TPSA) is 50.8 Å². The van der Waals surface area contributed by atoms with Gasteiger partial charge in [-0.05, 0) is 66.8 Å². The van der Waals surface area contributed by atoms with Crippen molar-refractivity contribution in [1.82, 2.24) is 0 Å². The maximum atomic E-state index is 11.9. The van der Waals surface area contributed by atoms with E-state index in [9.17, 15) is 4.79 Å². The molecular weight excluding hydrogens is 328 g/mol. The minimum Gasteiger partial charge on any atom is -0.493 e. The van der Waals surface area contributed by atoms with Gasteiger partial charge in [0.25, 0.3) is 0 Å². The molecular formula is C21H24N2O3. The fourth-order valence-electron chi connectivity index (χ4n) is 3.45. The van der Waals surface area contributed by atoms with Crippen molar-refractivity contribution in [2.24, 2.45) is 5.92 Å². The fraction of sp³-hybridized carbons (Fsp3) is 0.381. The van der Waals surface area contributed by atoms with E-state index in [1.165, 1.54) is 11.1 Å². The van der Waals surface area contributed by atoms with E-state index in [2.05, 4.69) is 34.5 Å². The van der Waals surface area contributed by atoms with Crippen molar-refractivity contribution in [1.29, 1.82) is 0 Å². The predicted molar refractivity (Wildman–Crippen MR) is 102 cm³/mol. The molecule has 1 N–H and O–H groups in total. The SMILES string of the molecule is COc1cc2c(cc1OC)CN(c1ccc(NC(=O)C3CC3)cc1)CC2. The number of rotatable bonds is 5. The van der Waals surface area contributed by atoms with Gasteiger partial charge in [0.15, 0.2) is 11.5 Å². The highest BCUT2D eigenvalue weighted by molar-refractivity contribution is 5.94. The molecule has 1 aliphatic carbocycles. The molecule has 26 heavy (non-hydrogen) atoms. The lowest BCUT2D eigenvalue weighted by atomic mass is 9.98. The maximum Gasteiger partial charge on any atom is 0.227 e. The monoisotopic (exact) mass is 352 g/mol. The van der Waals surface area contributed by atoms with Gasteiger partial charge in [0, 0.05) is 30.4 Å². The van der Waals surface area contributed by atoms with E-state index in [0.29, 0.717) is 0 Å². The van der Waals surface area contributed by atoms with Gasteiger partial charge in [-0.25, -0.2) is 0 Å². The number of nitrogens with zero attached hydrogens (tertiary/aromatic N) is 1. The number of hydrogen-bond donors (Lipinski definition) is 1. The molecule has 0 aromatic heterocycles. The van der Waals surface area contributed by atoms with E-state index < -0.39 is 0 Å². The van der Waals surface area contributed by atoms with Crippen molar-refractivity contribution in [2.45, 2.75) is 25.8 Å². The molecule has 5 heteroatoms. The lowest BCUT2D eigenvalue weighted by Gasteiger charge is -2.31. The first-order valence-electron chi connectivity index (χ1n) is 9.07. The summed E-state index contributed by atoms with van der Waals surface area (Å²) in [6, 6.07) is 12.3. The van der Waals surface area contributed by atoms with Crippen molar-refractivity contribution in [3.8, 4) is 11.5 Å². The summed E-state index contributed by atoms with van der Waals surface area (Å²) in [4.78, 5) is 14.2. The first kappa shape index (κ1) is 16.8. The van der Waals surface area contributed by atoms with Crippen LogP contribution < -0.4 is 19.7 Å². The zero-order valence-electron chi connectivity index (χ0n) is 15.2. The van der Waals surface area contributed by atoms with E-state index in [1.807, 2.05) is 12.1 Å². The number of carbonyl (C=O) groups excluding carboxylic acids is 1. The Bertz CT molecular complexity index is 813. The Hall–Kier alpha value is -2.69. The van der Waals surface area contributed by atoms with Gasteiger partial charge >= 0.3 is 0 Å². The molecule has 1 fully saturated rings. The van der Waals surface area contributed by atoms with Gasteiger partial charge in [-0.2, -0.15) is 0 Å². The molecule has 0 unspecified atom stereocenters. The predicted octanol–water partition coefficient (Wildman–Crippen LogP) is 3.62. The molecule has 1 heterocycles. The lowest BCUT2D eigenvalue weighted by molar-refractivity contribution is -0.117. The average Bonchev–Trinajstić information content (AvgIpc) is 3.52. The second kappa shape index (κ2) is 6.90. The zero-order chi connectivity index (χ0) is 18.1. The van der Waals surface area contributed by atoms with Crippen LogP contribution in [0.1, 0.15) is 24.0 Å². The summed E-state index contributed by atoms with van der Waals surface area (Å²) < 4.78 is 10.8. The van der Waals surface area contributed by atoms with E-state index in [4.69, 9.17) is 9.47 Å². The van der Waals surface area contributed by atoms with Crippen molar-refractivity contribution in [2.75, 3.05) is 31.0 Å². The van der Waals surface area contributed by atoms with Crippen LogP contribution in [0.5, 0.6) is 11.5 Å². The molecule has 1 amide bonds. The number of carbonyl (C=O) groups is 1. The van der Waals surface area contributed by atoms with Crippen molar-refractivity contribution >= 4 is 17.3 Å². The highest BCUT2D eigenvalue weighted by Gasteiger charge is 2.29. The molecule has 0 radical (unpaired) electrons. The number of nitrogens with one attached hydrogen (secondary N) is 1. The third-order valence-corrected chi connectivity index (χ3v) is 5.17. The van der Waals surface area contributed by atoms with Crippen LogP contribution in [0.15, 0.2) is 36.4 Å². The number of methoxy groups -OCH3 is 2. The van der Waals surface area contributed by atoms with Gasteiger partial charge in [-0.15, -0.1) is 0 Å². The number of anilines is 2. The molecule has 4 rings (SSSR count). The van der Waals surface area contributed by atoms with Gasteiger partial charge in [0.05, 0.1) is 14.2 Å². The molecule has 2 aromatic rings. The maximum absolute atomic E-state index is 11.9. The lowest BCUT2D eigenvalue weighted by Crippen LogP contribution is -2.30. The van der Waals surface area contributed by atoms with Gasteiger partial charge in [0.2, 0.25) is 5.91 Å². The number of ether oxygens (including phenoxy) is 2. The van der Waals surface area contributed by atoms with Crippen LogP contribution in [0.3, 0.4) is 0 Å². The molecule has 136 valence electrons. The van der Waals surface area contributed by atoms with E-state index in [-0.39, 0.29) is 11.8 Å². The second-order valence-electron chi connectivity index (χ2n) is 6.96. The summed E-state index contributed by atoms with van der Waals surface area (Å²) in [5.41, 5.74) is 4.61. The van der Waals surface area contributed by atoms with E-state index >= 15 is 0 Å². The van der Waals surface area contributed by atoms with Crippen LogP contribution in [0.2, 0.25) is 0 Å². The Balaban J connectivity index is 1.48. The summed E-state index contributed by atoms with van der Waals surface area (Å²) in [5, 5.41) is 2.99. The molecule has 0 bridgehead atoms. The quantitative estimate of drug-likeness (QED) is 0.893. The molecule has 0 spiro atoms. The van der Waals surface area contributed by atoms with Crippen molar-refractivity contribution in [3.63, 3.8) is 0 Å². The summed E-state index contributed by atoms with van der Waals surface area (Å²) in [6.45, 7) is 1.79. The minimum atomic E-state index is 0.144. The third kappa shape index (κ3) is 3.34. The Morgan fingerprint density at radius 3 is 2.31 bits per heavy atom. The molecule has 2 aromatic carbocycles. The second-order valence-corrected chi connectivity index (χ2v) is 6.96. The van der Waals surface area contributed by atoms with E-state index in [1.54, 1.807) is 14.2 Å². The molecule has 0 atom stereocenters. The first-order valence-corrected chi connectivity index (χ1v) is 9.07. The minimum absolute atomic E-state index is 0.144. The molecule has 1 aliphatic heterocycles. The zero-order valence-corrected chi connectivity index (χ0v) is 15.2. The van der Waals surface area contributed by atoms with Crippen LogP contribution in [0.25, 0.3) is 0 Å². The normalized spacial score (nSPS) is 16.0. The Morgan fingerprint density at radius 1 is 1.04 bits per heavy atom. The highest BCUT2D eigenvalue weighted by Crippen LogP contribution is 2.35.